The Kier molecular flexibility index (Phi) is 2.23. The Morgan fingerprint density at radius 1 is 1.57 bits per heavy atom. The fourth-order valence-corrected chi connectivity index (χ4v) is 1.54. The second-order valence-corrected chi connectivity index (χ2v) is 3.24. The van der Waals surface area contributed by atoms with E-state index >= 15 is 0 Å². The first-order chi connectivity index (χ1) is 6.74. The van der Waals surface area contributed by atoms with Gasteiger partial charge in [-0.05, 0) is 12.1 Å². The van der Waals surface area contributed by atoms with Crippen LogP contribution in [0.15, 0.2) is 18.2 Å². The van der Waals surface area contributed by atoms with Gasteiger partial charge in [0.15, 0.2) is 5.78 Å². The number of aromatic nitrogens is 2. The molecule has 0 saturated carbocycles. The zero-order valence-electron chi connectivity index (χ0n) is 7.25. The van der Waals surface area contributed by atoms with Crippen molar-refractivity contribution < 1.29 is 4.79 Å². The zero-order valence-corrected chi connectivity index (χ0v) is 8.01. The minimum Gasteiger partial charge on any atom is -0.324 e. The van der Waals surface area contributed by atoms with Gasteiger partial charge in [-0.25, -0.2) is 0 Å². The first-order valence-corrected chi connectivity index (χ1v) is 4.47. The maximum atomic E-state index is 11.4. The number of ketones is 1. The topological polar surface area (TPSA) is 71.8 Å². The highest BCUT2D eigenvalue weighted by Crippen LogP contribution is 2.23. The number of fused-ring (bicyclic) bond motifs is 1. The molecule has 0 aliphatic rings. The molecule has 0 bridgehead atoms. The van der Waals surface area contributed by atoms with Gasteiger partial charge in [0.25, 0.3) is 0 Å². The number of hydrogen-bond acceptors (Lipinski definition) is 3. The van der Waals surface area contributed by atoms with Crippen LogP contribution in [0.3, 0.4) is 0 Å². The second kappa shape index (κ2) is 3.40. The number of nitrogens with one attached hydrogen (secondary N) is 1. The largest absolute Gasteiger partial charge is 0.324 e. The summed E-state index contributed by atoms with van der Waals surface area (Å²) in [6, 6.07) is 5.25. The van der Waals surface area contributed by atoms with Gasteiger partial charge in [0.05, 0.1) is 6.54 Å². The SMILES string of the molecule is NCC(=O)c1cccc2c(Cl)[nH]nc12. The Bertz CT molecular complexity index is 492. The van der Waals surface area contributed by atoms with E-state index in [1.807, 2.05) is 0 Å². The number of benzene rings is 1. The molecule has 14 heavy (non-hydrogen) atoms. The predicted molar refractivity (Wildman–Crippen MR) is 54.5 cm³/mol. The Labute approximate surface area is 85.0 Å². The molecule has 2 rings (SSSR count). The maximum absolute atomic E-state index is 11.4. The number of carbonyl (C=O) groups is 1. The van der Waals surface area contributed by atoms with Crippen molar-refractivity contribution in [3.05, 3.63) is 28.9 Å². The van der Waals surface area contributed by atoms with Gasteiger partial charge in [0.2, 0.25) is 0 Å². The van der Waals surface area contributed by atoms with Crippen LogP contribution >= 0.6 is 11.6 Å². The lowest BCUT2D eigenvalue weighted by Crippen LogP contribution is -2.13. The van der Waals surface area contributed by atoms with Gasteiger partial charge >= 0.3 is 0 Å². The number of nitrogens with zero attached hydrogens (tertiary/aromatic N) is 1. The number of aromatic amines is 1. The van der Waals surface area contributed by atoms with Crippen molar-refractivity contribution in [1.82, 2.24) is 10.2 Å². The van der Waals surface area contributed by atoms with E-state index in [0.717, 1.165) is 5.39 Å². The lowest BCUT2D eigenvalue weighted by atomic mass is 10.1. The maximum Gasteiger partial charge on any atom is 0.178 e. The highest BCUT2D eigenvalue weighted by molar-refractivity contribution is 6.34. The van der Waals surface area contributed by atoms with Crippen LogP contribution in [0.2, 0.25) is 5.15 Å². The molecular formula is C9H8ClN3O. The number of Topliss-reactive ketones (excluding diaryl/α,β-unsaturated/α-hetero) is 1. The summed E-state index contributed by atoms with van der Waals surface area (Å²) >= 11 is 5.83. The number of H-pyrrole nitrogens is 1. The highest BCUT2D eigenvalue weighted by Gasteiger charge is 2.12. The summed E-state index contributed by atoms with van der Waals surface area (Å²) in [5.41, 5.74) is 6.37. The summed E-state index contributed by atoms with van der Waals surface area (Å²) in [7, 11) is 0. The van der Waals surface area contributed by atoms with Crippen LogP contribution in [0.25, 0.3) is 10.9 Å². The third-order valence-corrected chi connectivity index (χ3v) is 2.31. The van der Waals surface area contributed by atoms with Gasteiger partial charge < -0.3 is 5.73 Å². The van der Waals surface area contributed by atoms with Crippen molar-refractivity contribution in [2.24, 2.45) is 5.73 Å². The Morgan fingerprint density at radius 3 is 3.07 bits per heavy atom. The molecule has 72 valence electrons. The fourth-order valence-electron chi connectivity index (χ4n) is 1.34. The molecule has 0 spiro atoms. The van der Waals surface area contributed by atoms with Crippen molar-refractivity contribution in [3.63, 3.8) is 0 Å². The molecule has 0 unspecified atom stereocenters. The van der Waals surface area contributed by atoms with E-state index in [2.05, 4.69) is 10.2 Å². The monoisotopic (exact) mass is 209 g/mol. The van der Waals surface area contributed by atoms with Gasteiger partial charge in [-0.2, -0.15) is 5.10 Å². The van der Waals surface area contributed by atoms with E-state index < -0.39 is 0 Å². The van der Waals surface area contributed by atoms with E-state index in [4.69, 9.17) is 17.3 Å². The summed E-state index contributed by atoms with van der Waals surface area (Å²) < 4.78 is 0. The summed E-state index contributed by atoms with van der Waals surface area (Å²) in [6.07, 6.45) is 0. The molecule has 3 N–H and O–H groups in total. The van der Waals surface area contributed by atoms with Crippen molar-refractivity contribution in [3.8, 4) is 0 Å². The Hall–Kier alpha value is -1.39. The van der Waals surface area contributed by atoms with Crippen LogP contribution in [0.1, 0.15) is 10.4 Å². The van der Waals surface area contributed by atoms with Gasteiger partial charge in [0.1, 0.15) is 10.7 Å². The molecule has 2 aromatic rings. The summed E-state index contributed by atoms with van der Waals surface area (Å²) in [5, 5.41) is 7.75. The van der Waals surface area contributed by atoms with E-state index in [1.54, 1.807) is 18.2 Å². The van der Waals surface area contributed by atoms with Crippen LogP contribution < -0.4 is 5.73 Å². The van der Waals surface area contributed by atoms with E-state index in [1.165, 1.54) is 0 Å². The van der Waals surface area contributed by atoms with Crippen LogP contribution in [0, 0.1) is 0 Å². The predicted octanol–water partition coefficient (Wildman–Crippen LogP) is 1.36. The van der Waals surface area contributed by atoms with E-state index in [0.29, 0.717) is 16.2 Å². The average Bonchev–Trinajstić information content (AvgIpc) is 2.59. The molecule has 1 heterocycles. The third-order valence-electron chi connectivity index (χ3n) is 2.02. The Morgan fingerprint density at radius 2 is 2.36 bits per heavy atom. The molecule has 0 amide bonds. The molecule has 0 atom stereocenters. The van der Waals surface area contributed by atoms with Crippen LogP contribution in [0.4, 0.5) is 0 Å². The van der Waals surface area contributed by atoms with Crippen molar-refractivity contribution in [2.45, 2.75) is 0 Å². The quantitative estimate of drug-likeness (QED) is 0.734. The van der Waals surface area contributed by atoms with Gasteiger partial charge in [-0.3, -0.25) is 9.89 Å². The normalized spacial score (nSPS) is 10.7. The number of nitrogens with two attached hydrogens (primary N) is 1. The molecule has 5 heteroatoms. The van der Waals surface area contributed by atoms with Crippen molar-refractivity contribution in [1.29, 1.82) is 0 Å². The molecule has 0 fully saturated rings. The number of hydrogen-bond donors (Lipinski definition) is 2. The Balaban J connectivity index is 2.71. The molecular weight excluding hydrogens is 202 g/mol. The van der Waals surface area contributed by atoms with Crippen molar-refractivity contribution in [2.75, 3.05) is 6.54 Å². The standard InChI is InChI=1S/C9H8ClN3O/c10-9-6-3-1-2-5(7(14)4-11)8(6)12-13-9/h1-3H,4,11H2,(H,12,13). The molecule has 0 aliphatic carbocycles. The average molecular weight is 210 g/mol. The van der Waals surface area contributed by atoms with Gasteiger partial charge in [-0.15, -0.1) is 0 Å². The summed E-state index contributed by atoms with van der Waals surface area (Å²) in [4.78, 5) is 11.4. The molecule has 0 aliphatic heterocycles. The molecule has 0 saturated heterocycles. The lowest BCUT2D eigenvalue weighted by Gasteiger charge is -1.97. The van der Waals surface area contributed by atoms with E-state index in [9.17, 15) is 4.79 Å². The minimum absolute atomic E-state index is 0.0242. The first kappa shape index (κ1) is 9.18. The summed E-state index contributed by atoms with van der Waals surface area (Å²) in [6.45, 7) is -0.0242. The van der Waals surface area contributed by atoms with Crippen LogP contribution in [-0.2, 0) is 0 Å². The number of carbonyl (C=O) groups excluding carboxylic acids is 1. The highest BCUT2D eigenvalue weighted by atomic mass is 35.5. The smallest absolute Gasteiger partial charge is 0.178 e. The number of rotatable bonds is 2. The number of para-hydroxylation sites is 1. The zero-order chi connectivity index (χ0) is 10.1. The molecule has 1 aromatic heterocycles. The van der Waals surface area contributed by atoms with Gasteiger partial charge in [0, 0.05) is 10.9 Å². The fraction of sp³-hybridized carbons (Fsp3) is 0.111. The minimum atomic E-state index is -0.140. The molecule has 4 nitrogen and oxygen atoms in total. The van der Waals surface area contributed by atoms with Crippen LogP contribution in [-0.4, -0.2) is 22.5 Å². The van der Waals surface area contributed by atoms with E-state index in [-0.39, 0.29) is 12.3 Å². The third kappa shape index (κ3) is 1.29. The number of halogens is 1. The van der Waals surface area contributed by atoms with Gasteiger partial charge in [-0.1, -0.05) is 17.7 Å². The summed E-state index contributed by atoms with van der Waals surface area (Å²) in [5.74, 6) is -0.140. The van der Waals surface area contributed by atoms with Crippen LogP contribution in [0.5, 0.6) is 0 Å². The second-order valence-electron chi connectivity index (χ2n) is 2.87. The van der Waals surface area contributed by atoms with Crippen molar-refractivity contribution >= 4 is 28.3 Å². The molecule has 0 radical (unpaired) electrons. The molecule has 1 aromatic carbocycles. The lowest BCUT2D eigenvalue weighted by molar-refractivity contribution is 0.100. The first-order valence-electron chi connectivity index (χ1n) is 4.10.